The summed E-state index contributed by atoms with van der Waals surface area (Å²) in [6, 6.07) is 11.6. The molecule has 0 saturated carbocycles. The van der Waals surface area contributed by atoms with Crippen molar-refractivity contribution >= 4 is 22.5 Å². The van der Waals surface area contributed by atoms with E-state index >= 15 is 0 Å². The monoisotopic (exact) mass is 385 g/mol. The highest BCUT2D eigenvalue weighted by atomic mass is 16.1. The molecular formula is C23H23N5O. The Morgan fingerprint density at radius 2 is 1.97 bits per heavy atom. The average Bonchev–Trinajstić information content (AvgIpc) is 3.01. The SMILES string of the molecule is CCn1nc(C)c(NC(=O)c2cc(-c3cccnc3)nc3ccc(C)cc23)c1C. The molecule has 4 aromatic rings. The van der Waals surface area contributed by atoms with Crippen LogP contribution in [0.1, 0.15) is 34.2 Å². The molecule has 0 bridgehead atoms. The molecule has 3 aromatic heterocycles. The summed E-state index contributed by atoms with van der Waals surface area (Å²) in [7, 11) is 0. The lowest BCUT2D eigenvalue weighted by Crippen LogP contribution is -2.14. The summed E-state index contributed by atoms with van der Waals surface area (Å²) in [5.41, 5.74) is 6.54. The molecule has 0 fully saturated rings. The molecule has 0 spiro atoms. The Hall–Kier alpha value is -3.54. The molecule has 1 aromatic carbocycles. The fourth-order valence-electron chi connectivity index (χ4n) is 3.56. The zero-order valence-corrected chi connectivity index (χ0v) is 17.0. The zero-order chi connectivity index (χ0) is 20.5. The van der Waals surface area contributed by atoms with Crippen molar-refractivity contribution in [3.63, 3.8) is 0 Å². The van der Waals surface area contributed by atoms with Crippen LogP contribution in [0.25, 0.3) is 22.2 Å². The topological polar surface area (TPSA) is 72.7 Å². The van der Waals surface area contributed by atoms with E-state index in [0.29, 0.717) is 5.56 Å². The third-order valence-electron chi connectivity index (χ3n) is 5.09. The minimum absolute atomic E-state index is 0.171. The summed E-state index contributed by atoms with van der Waals surface area (Å²) in [6.07, 6.45) is 3.47. The molecular weight excluding hydrogens is 362 g/mol. The summed E-state index contributed by atoms with van der Waals surface area (Å²) in [6.45, 7) is 8.67. The van der Waals surface area contributed by atoms with Gasteiger partial charge in [-0.05, 0) is 58.0 Å². The van der Waals surface area contributed by atoms with Gasteiger partial charge in [0.1, 0.15) is 0 Å². The van der Waals surface area contributed by atoms with Gasteiger partial charge in [0.05, 0.1) is 33.8 Å². The highest BCUT2D eigenvalue weighted by Crippen LogP contribution is 2.27. The van der Waals surface area contributed by atoms with Crippen molar-refractivity contribution in [1.82, 2.24) is 19.7 Å². The van der Waals surface area contributed by atoms with Gasteiger partial charge in [-0.3, -0.25) is 14.5 Å². The second kappa shape index (κ2) is 7.47. The van der Waals surface area contributed by atoms with Crippen LogP contribution in [0.5, 0.6) is 0 Å². The van der Waals surface area contributed by atoms with Crippen LogP contribution in [0.2, 0.25) is 0 Å². The Balaban J connectivity index is 1.84. The Morgan fingerprint density at radius 1 is 1.14 bits per heavy atom. The molecule has 0 saturated heterocycles. The molecule has 3 heterocycles. The van der Waals surface area contributed by atoms with E-state index in [4.69, 9.17) is 4.98 Å². The Kier molecular flexibility index (Phi) is 4.84. The third-order valence-corrected chi connectivity index (χ3v) is 5.09. The van der Waals surface area contributed by atoms with E-state index in [1.807, 2.05) is 68.8 Å². The van der Waals surface area contributed by atoms with Crippen molar-refractivity contribution in [3.05, 3.63) is 71.3 Å². The predicted molar refractivity (Wildman–Crippen MR) is 115 cm³/mol. The van der Waals surface area contributed by atoms with Gasteiger partial charge in [-0.15, -0.1) is 0 Å². The van der Waals surface area contributed by atoms with Crippen molar-refractivity contribution in [2.45, 2.75) is 34.2 Å². The molecule has 6 heteroatoms. The minimum Gasteiger partial charge on any atom is -0.319 e. The lowest BCUT2D eigenvalue weighted by molar-refractivity contribution is 0.102. The number of hydrogen-bond donors (Lipinski definition) is 1. The number of anilines is 1. The average molecular weight is 385 g/mol. The highest BCUT2D eigenvalue weighted by Gasteiger charge is 2.18. The molecule has 4 rings (SSSR count). The molecule has 0 aliphatic heterocycles. The maximum atomic E-state index is 13.3. The number of carbonyl (C=O) groups is 1. The number of amides is 1. The number of fused-ring (bicyclic) bond motifs is 1. The van der Waals surface area contributed by atoms with E-state index in [0.717, 1.165) is 51.3 Å². The summed E-state index contributed by atoms with van der Waals surface area (Å²) in [5, 5.41) is 8.40. The summed E-state index contributed by atoms with van der Waals surface area (Å²) >= 11 is 0. The van der Waals surface area contributed by atoms with E-state index < -0.39 is 0 Å². The predicted octanol–water partition coefficient (Wildman–Crippen LogP) is 4.69. The van der Waals surface area contributed by atoms with Gasteiger partial charge >= 0.3 is 0 Å². The molecule has 0 atom stereocenters. The molecule has 29 heavy (non-hydrogen) atoms. The molecule has 6 nitrogen and oxygen atoms in total. The van der Waals surface area contributed by atoms with Gasteiger partial charge in [0.2, 0.25) is 0 Å². The first-order chi connectivity index (χ1) is 14.0. The number of nitrogens with one attached hydrogen (secondary N) is 1. The van der Waals surface area contributed by atoms with Gasteiger partial charge in [0, 0.05) is 29.9 Å². The van der Waals surface area contributed by atoms with Crippen LogP contribution in [0.4, 0.5) is 5.69 Å². The fourth-order valence-corrected chi connectivity index (χ4v) is 3.56. The van der Waals surface area contributed by atoms with E-state index in [1.54, 1.807) is 12.4 Å². The number of rotatable bonds is 4. The number of hydrogen-bond acceptors (Lipinski definition) is 4. The van der Waals surface area contributed by atoms with Crippen molar-refractivity contribution < 1.29 is 4.79 Å². The maximum Gasteiger partial charge on any atom is 0.256 e. The van der Waals surface area contributed by atoms with Gasteiger partial charge in [-0.2, -0.15) is 5.10 Å². The Morgan fingerprint density at radius 3 is 2.66 bits per heavy atom. The van der Waals surface area contributed by atoms with Crippen LogP contribution < -0.4 is 5.32 Å². The van der Waals surface area contributed by atoms with Crippen LogP contribution in [0.3, 0.4) is 0 Å². The first kappa shape index (κ1) is 18.8. The number of aryl methyl sites for hydroxylation is 3. The molecule has 1 N–H and O–H groups in total. The normalized spacial score (nSPS) is 11.0. The standard InChI is InChI=1S/C23H23N5O/c1-5-28-16(4)22(15(3)27-28)26-23(29)19-12-21(17-7-6-10-24-13-17)25-20-9-8-14(2)11-18(19)20/h6-13H,5H2,1-4H3,(H,26,29). The number of pyridine rings is 2. The van der Waals surface area contributed by atoms with Gasteiger partial charge in [-0.25, -0.2) is 4.98 Å². The molecule has 0 aliphatic rings. The van der Waals surface area contributed by atoms with Gasteiger partial charge < -0.3 is 5.32 Å². The van der Waals surface area contributed by atoms with Crippen LogP contribution in [0, 0.1) is 20.8 Å². The Labute approximate surface area is 169 Å². The van der Waals surface area contributed by atoms with E-state index in [1.165, 1.54) is 0 Å². The van der Waals surface area contributed by atoms with Gasteiger partial charge in [0.25, 0.3) is 5.91 Å². The largest absolute Gasteiger partial charge is 0.319 e. The van der Waals surface area contributed by atoms with E-state index in [2.05, 4.69) is 15.4 Å². The first-order valence-corrected chi connectivity index (χ1v) is 9.65. The molecule has 1 amide bonds. The first-order valence-electron chi connectivity index (χ1n) is 9.65. The quantitative estimate of drug-likeness (QED) is 0.553. The summed E-state index contributed by atoms with van der Waals surface area (Å²) < 4.78 is 1.89. The Bertz CT molecular complexity index is 1210. The number of benzene rings is 1. The highest BCUT2D eigenvalue weighted by molar-refractivity contribution is 6.13. The summed E-state index contributed by atoms with van der Waals surface area (Å²) in [4.78, 5) is 22.3. The molecule has 0 unspecified atom stereocenters. The fraction of sp³-hybridized carbons (Fsp3) is 0.217. The molecule has 0 radical (unpaired) electrons. The molecule has 146 valence electrons. The number of nitrogens with zero attached hydrogens (tertiary/aromatic N) is 4. The second-order valence-electron chi connectivity index (χ2n) is 7.13. The molecule has 0 aliphatic carbocycles. The summed E-state index contributed by atoms with van der Waals surface area (Å²) in [5.74, 6) is -0.171. The van der Waals surface area contributed by atoms with Gasteiger partial charge in [0.15, 0.2) is 0 Å². The number of carbonyl (C=O) groups excluding carboxylic acids is 1. The van der Waals surface area contributed by atoms with Crippen molar-refractivity contribution in [2.24, 2.45) is 0 Å². The lowest BCUT2D eigenvalue weighted by Gasteiger charge is -2.12. The maximum absolute atomic E-state index is 13.3. The van der Waals surface area contributed by atoms with Crippen LogP contribution >= 0.6 is 0 Å². The van der Waals surface area contributed by atoms with Crippen molar-refractivity contribution in [3.8, 4) is 11.3 Å². The number of aromatic nitrogens is 4. The smallest absolute Gasteiger partial charge is 0.256 e. The minimum atomic E-state index is -0.171. The van der Waals surface area contributed by atoms with Crippen molar-refractivity contribution in [2.75, 3.05) is 5.32 Å². The van der Waals surface area contributed by atoms with E-state index in [9.17, 15) is 4.79 Å². The van der Waals surface area contributed by atoms with Crippen LogP contribution in [0.15, 0.2) is 48.8 Å². The zero-order valence-electron chi connectivity index (χ0n) is 17.0. The van der Waals surface area contributed by atoms with Crippen LogP contribution in [-0.4, -0.2) is 25.7 Å². The van der Waals surface area contributed by atoms with E-state index in [-0.39, 0.29) is 5.91 Å². The van der Waals surface area contributed by atoms with Crippen molar-refractivity contribution in [1.29, 1.82) is 0 Å². The second-order valence-corrected chi connectivity index (χ2v) is 7.13. The van der Waals surface area contributed by atoms with Crippen LogP contribution in [-0.2, 0) is 6.54 Å². The lowest BCUT2D eigenvalue weighted by atomic mass is 10.0. The third kappa shape index (κ3) is 3.49. The van der Waals surface area contributed by atoms with Gasteiger partial charge in [-0.1, -0.05) is 11.6 Å².